The quantitative estimate of drug-likeness (QED) is 0.183. The van der Waals surface area contributed by atoms with Crippen LogP contribution in [0.1, 0.15) is 0 Å². The van der Waals surface area contributed by atoms with E-state index in [-0.39, 0.29) is 0 Å². The predicted octanol–water partition coefficient (Wildman–Crippen LogP) is 9.88. The molecule has 0 spiro atoms. The number of nitrogens with zero attached hydrogens (tertiary/aromatic N) is 6. The number of anilines is 6. The van der Waals surface area contributed by atoms with Gasteiger partial charge in [0.05, 0.1) is 33.8 Å². The van der Waals surface area contributed by atoms with E-state index in [9.17, 15) is 0 Å². The number of para-hydroxylation sites is 8. The van der Waals surface area contributed by atoms with E-state index in [1.165, 1.54) is 0 Å². The van der Waals surface area contributed by atoms with Crippen LogP contribution >= 0.6 is 0 Å². The molecule has 0 unspecified atom stereocenters. The molecule has 5 heterocycles. The van der Waals surface area contributed by atoms with E-state index in [1.807, 2.05) is 109 Å². The monoisotopic (exact) mass is 594 g/mol. The van der Waals surface area contributed by atoms with Gasteiger partial charge in [0.2, 0.25) is 0 Å². The van der Waals surface area contributed by atoms with Crippen molar-refractivity contribution in [2.24, 2.45) is 0 Å². The summed E-state index contributed by atoms with van der Waals surface area (Å²) in [4.78, 5) is 24.5. The summed E-state index contributed by atoms with van der Waals surface area (Å²) in [6, 6.07) is 40.2. The maximum absolute atomic E-state index is 6.27. The fraction of sp³-hybridized carbons (Fsp3) is 0. The van der Waals surface area contributed by atoms with E-state index in [2.05, 4.69) is 21.9 Å². The Kier molecular flexibility index (Phi) is 5.12. The minimum atomic E-state index is 0.735. The summed E-state index contributed by atoms with van der Waals surface area (Å²) in [5.41, 5.74) is 6.67. The molecule has 0 aliphatic carbocycles. The minimum Gasteiger partial charge on any atom is -0.453 e. The van der Waals surface area contributed by atoms with Crippen molar-refractivity contribution >= 4 is 67.2 Å². The fourth-order valence-corrected chi connectivity index (χ4v) is 6.53. The molecule has 0 fully saturated rings. The molecule has 0 bridgehead atoms. The van der Waals surface area contributed by atoms with Crippen LogP contribution in [-0.2, 0) is 0 Å². The second kappa shape index (κ2) is 9.48. The molecule has 0 radical (unpaired) electrons. The van der Waals surface area contributed by atoms with Crippen LogP contribution in [0, 0.1) is 0 Å². The SMILES string of the molecule is c1ccc2c(c1)Oc1ccccc1N2c1ccc2c3nccnc3c3ccc(N4c5ccccc5Oc5ccccc54)nc3c2n1. The zero-order chi connectivity index (χ0) is 30.2. The molecule has 3 aromatic heterocycles. The van der Waals surface area contributed by atoms with E-state index in [1.54, 1.807) is 12.4 Å². The highest BCUT2D eigenvalue weighted by Crippen LogP contribution is 2.51. The third-order valence-electron chi connectivity index (χ3n) is 8.52. The summed E-state index contributed by atoms with van der Waals surface area (Å²) in [6.45, 7) is 0. The van der Waals surface area contributed by atoms with Gasteiger partial charge in [0.15, 0.2) is 23.0 Å². The highest BCUT2D eigenvalue weighted by atomic mass is 16.5. The summed E-state index contributed by atoms with van der Waals surface area (Å²) in [5, 5.41) is 1.75. The van der Waals surface area contributed by atoms with E-state index < -0.39 is 0 Å². The Labute approximate surface area is 262 Å². The Hall–Kier alpha value is -6.54. The number of pyridine rings is 2. The number of ether oxygens (including phenoxy) is 2. The number of fused-ring (bicyclic) bond motifs is 10. The molecule has 0 atom stereocenters. The van der Waals surface area contributed by atoms with Crippen molar-refractivity contribution in [2.75, 3.05) is 9.80 Å². The number of hydrogen-bond donors (Lipinski definition) is 0. The number of aromatic nitrogens is 4. The van der Waals surface area contributed by atoms with Crippen LogP contribution in [0.3, 0.4) is 0 Å². The van der Waals surface area contributed by atoms with Crippen molar-refractivity contribution < 1.29 is 9.47 Å². The maximum atomic E-state index is 6.27. The second-order valence-corrected chi connectivity index (χ2v) is 11.1. The largest absolute Gasteiger partial charge is 0.453 e. The molecule has 2 aliphatic rings. The first-order chi connectivity index (χ1) is 22.8. The van der Waals surface area contributed by atoms with Gasteiger partial charge in [-0.1, -0.05) is 48.5 Å². The van der Waals surface area contributed by atoms with E-state index in [0.717, 1.165) is 90.2 Å². The molecule has 46 heavy (non-hydrogen) atoms. The highest BCUT2D eigenvalue weighted by Gasteiger charge is 2.29. The molecule has 10 rings (SSSR count). The van der Waals surface area contributed by atoms with Crippen LogP contribution in [0.15, 0.2) is 134 Å². The molecule has 0 saturated carbocycles. The van der Waals surface area contributed by atoms with Gasteiger partial charge >= 0.3 is 0 Å². The van der Waals surface area contributed by atoms with Gasteiger partial charge in [0.1, 0.15) is 22.7 Å². The Morgan fingerprint density at radius 1 is 0.370 bits per heavy atom. The molecule has 8 aromatic rings. The van der Waals surface area contributed by atoms with Gasteiger partial charge < -0.3 is 9.47 Å². The lowest BCUT2D eigenvalue weighted by atomic mass is 10.1. The Bertz CT molecular complexity index is 2270. The summed E-state index contributed by atoms with van der Waals surface area (Å²) >= 11 is 0. The topological polar surface area (TPSA) is 76.5 Å². The number of rotatable bonds is 2. The van der Waals surface area contributed by atoms with Gasteiger partial charge in [-0.25, -0.2) is 9.97 Å². The van der Waals surface area contributed by atoms with Crippen molar-refractivity contribution in [3.63, 3.8) is 0 Å². The fourth-order valence-electron chi connectivity index (χ4n) is 6.53. The van der Waals surface area contributed by atoms with Crippen molar-refractivity contribution in [1.82, 2.24) is 19.9 Å². The number of benzene rings is 5. The molecule has 0 N–H and O–H groups in total. The molecular formula is C38H22N6O2. The third-order valence-corrected chi connectivity index (χ3v) is 8.52. The van der Waals surface area contributed by atoms with Gasteiger partial charge in [0.25, 0.3) is 0 Å². The van der Waals surface area contributed by atoms with Crippen LogP contribution in [0.4, 0.5) is 34.4 Å². The first-order valence-electron chi connectivity index (χ1n) is 15.0. The second-order valence-electron chi connectivity index (χ2n) is 11.1. The van der Waals surface area contributed by atoms with Crippen LogP contribution in [0.25, 0.3) is 32.8 Å². The van der Waals surface area contributed by atoms with Crippen LogP contribution in [0.2, 0.25) is 0 Å². The molecule has 5 aromatic carbocycles. The number of hydrogen-bond acceptors (Lipinski definition) is 8. The van der Waals surface area contributed by atoms with Crippen molar-refractivity contribution in [3.8, 4) is 23.0 Å². The van der Waals surface area contributed by atoms with Gasteiger partial charge in [-0.15, -0.1) is 0 Å². The normalized spacial score (nSPS) is 13.0. The molecule has 2 aliphatic heterocycles. The molecule has 0 saturated heterocycles. The van der Waals surface area contributed by atoms with Gasteiger partial charge in [0, 0.05) is 23.2 Å². The molecular weight excluding hydrogens is 572 g/mol. The summed E-state index contributed by atoms with van der Waals surface area (Å²) in [7, 11) is 0. The Morgan fingerprint density at radius 3 is 1.09 bits per heavy atom. The Balaban J connectivity index is 1.26. The summed E-state index contributed by atoms with van der Waals surface area (Å²) in [5.74, 6) is 4.55. The lowest BCUT2D eigenvalue weighted by Crippen LogP contribution is -2.17. The zero-order valence-electron chi connectivity index (χ0n) is 24.2. The smallest absolute Gasteiger partial charge is 0.151 e. The van der Waals surface area contributed by atoms with Gasteiger partial charge in [-0.2, -0.15) is 0 Å². The van der Waals surface area contributed by atoms with Crippen LogP contribution < -0.4 is 19.3 Å². The van der Waals surface area contributed by atoms with E-state index >= 15 is 0 Å². The summed E-state index contributed by atoms with van der Waals surface area (Å²) in [6.07, 6.45) is 3.44. The minimum absolute atomic E-state index is 0.735. The molecule has 8 nitrogen and oxygen atoms in total. The van der Waals surface area contributed by atoms with Gasteiger partial charge in [-0.3, -0.25) is 19.8 Å². The van der Waals surface area contributed by atoms with Crippen molar-refractivity contribution in [3.05, 3.63) is 134 Å². The molecule has 8 heteroatoms. The first kappa shape index (κ1) is 24.9. The predicted molar refractivity (Wildman–Crippen MR) is 180 cm³/mol. The van der Waals surface area contributed by atoms with E-state index in [0.29, 0.717) is 0 Å². The van der Waals surface area contributed by atoms with Crippen molar-refractivity contribution in [1.29, 1.82) is 0 Å². The summed E-state index contributed by atoms with van der Waals surface area (Å²) < 4.78 is 12.5. The molecule has 0 amide bonds. The standard InChI is InChI=1S/C38H22N6O2/c1-5-13-29-25(9-1)43(26-10-2-6-14-30(26)45-29)33-19-17-23-35-36(40-22-21-39-35)24-18-20-34(42-38(24)37(23)41-33)44-27-11-3-7-15-31(27)46-32-16-8-4-12-28(32)44/h1-22H. The van der Waals surface area contributed by atoms with Crippen molar-refractivity contribution in [2.45, 2.75) is 0 Å². The van der Waals surface area contributed by atoms with E-state index in [4.69, 9.17) is 29.4 Å². The van der Waals surface area contributed by atoms with Crippen LogP contribution in [-0.4, -0.2) is 19.9 Å². The Morgan fingerprint density at radius 2 is 0.717 bits per heavy atom. The zero-order valence-corrected chi connectivity index (χ0v) is 24.2. The highest BCUT2D eigenvalue weighted by molar-refractivity contribution is 6.21. The lowest BCUT2D eigenvalue weighted by molar-refractivity contribution is 0.476. The van der Waals surface area contributed by atoms with Crippen LogP contribution in [0.5, 0.6) is 23.0 Å². The average molecular weight is 595 g/mol. The maximum Gasteiger partial charge on any atom is 0.151 e. The van der Waals surface area contributed by atoms with Gasteiger partial charge in [-0.05, 0) is 72.8 Å². The lowest BCUT2D eigenvalue weighted by Gasteiger charge is -2.32. The molecule has 216 valence electrons. The first-order valence-corrected chi connectivity index (χ1v) is 15.0. The third kappa shape index (κ3) is 3.55. The average Bonchev–Trinajstić information content (AvgIpc) is 3.12.